The van der Waals surface area contributed by atoms with Gasteiger partial charge in [-0.2, -0.15) is 0 Å². The fraction of sp³-hybridized carbons (Fsp3) is 0.750. The van der Waals surface area contributed by atoms with Crippen molar-refractivity contribution in [1.82, 2.24) is 5.32 Å². The van der Waals surface area contributed by atoms with Crippen molar-refractivity contribution in [3.8, 4) is 0 Å². The summed E-state index contributed by atoms with van der Waals surface area (Å²) < 4.78 is 30.2. The Bertz CT molecular complexity index is 139. The SMILES string of the molecule is C=CC(C)OCC(F)(F)CNC. The van der Waals surface area contributed by atoms with E-state index < -0.39 is 12.5 Å². The van der Waals surface area contributed by atoms with Gasteiger partial charge in [0, 0.05) is 0 Å². The number of ether oxygens (including phenoxy) is 1. The maximum atomic E-state index is 12.7. The van der Waals surface area contributed by atoms with Crippen LogP contribution in [0.3, 0.4) is 0 Å². The second kappa shape index (κ2) is 5.22. The van der Waals surface area contributed by atoms with Gasteiger partial charge in [0.2, 0.25) is 0 Å². The molecule has 0 heterocycles. The Balaban J connectivity index is 3.66. The highest BCUT2D eigenvalue weighted by Crippen LogP contribution is 2.13. The molecule has 0 saturated carbocycles. The fourth-order valence-electron chi connectivity index (χ4n) is 0.631. The molecule has 12 heavy (non-hydrogen) atoms. The van der Waals surface area contributed by atoms with E-state index in [2.05, 4.69) is 11.9 Å². The zero-order valence-electron chi connectivity index (χ0n) is 7.44. The van der Waals surface area contributed by atoms with Crippen molar-refractivity contribution in [3.05, 3.63) is 12.7 Å². The first-order valence-corrected chi connectivity index (χ1v) is 3.78. The van der Waals surface area contributed by atoms with E-state index in [4.69, 9.17) is 4.74 Å². The van der Waals surface area contributed by atoms with E-state index in [1.807, 2.05) is 0 Å². The first-order chi connectivity index (χ1) is 5.52. The van der Waals surface area contributed by atoms with Crippen LogP contribution in [0.5, 0.6) is 0 Å². The zero-order chi connectivity index (χ0) is 9.61. The molecule has 0 rings (SSSR count). The van der Waals surface area contributed by atoms with Gasteiger partial charge in [0.1, 0.15) is 6.61 Å². The lowest BCUT2D eigenvalue weighted by atomic mass is 10.3. The van der Waals surface area contributed by atoms with Crippen molar-refractivity contribution in [3.63, 3.8) is 0 Å². The lowest BCUT2D eigenvalue weighted by molar-refractivity contribution is -0.0838. The van der Waals surface area contributed by atoms with Gasteiger partial charge in [0.25, 0.3) is 5.92 Å². The van der Waals surface area contributed by atoms with Crippen LogP contribution < -0.4 is 5.32 Å². The number of hydrogen-bond acceptors (Lipinski definition) is 2. The van der Waals surface area contributed by atoms with Gasteiger partial charge in [-0.05, 0) is 14.0 Å². The molecule has 0 aromatic rings. The third-order valence-electron chi connectivity index (χ3n) is 1.32. The van der Waals surface area contributed by atoms with Gasteiger partial charge in [-0.25, -0.2) is 8.78 Å². The predicted molar refractivity (Wildman–Crippen MR) is 44.5 cm³/mol. The Morgan fingerprint density at radius 2 is 2.25 bits per heavy atom. The van der Waals surface area contributed by atoms with Crippen LogP contribution in [0.4, 0.5) is 8.78 Å². The summed E-state index contributed by atoms with van der Waals surface area (Å²) in [6.07, 6.45) is 1.16. The Morgan fingerprint density at radius 1 is 1.67 bits per heavy atom. The zero-order valence-corrected chi connectivity index (χ0v) is 7.44. The van der Waals surface area contributed by atoms with Crippen LogP contribution in [0.1, 0.15) is 6.92 Å². The van der Waals surface area contributed by atoms with E-state index in [1.165, 1.54) is 13.1 Å². The Morgan fingerprint density at radius 3 is 2.67 bits per heavy atom. The molecule has 0 amide bonds. The molecule has 0 spiro atoms. The molecule has 2 nitrogen and oxygen atoms in total. The molecule has 0 aliphatic heterocycles. The minimum absolute atomic E-state index is 0.326. The highest BCUT2D eigenvalue weighted by atomic mass is 19.3. The smallest absolute Gasteiger partial charge is 0.283 e. The van der Waals surface area contributed by atoms with Crippen molar-refractivity contribution in [2.75, 3.05) is 20.2 Å². The van der Waals surface area contributed by atoms with Gasteiger partial charge in [-0.1, -0.05) is 6.08 Å². The molecule has 0 aromatic carbocycles. The summed E-state index contributed by atoms with van der Waals surface area (Å²) in [5, 5.41) is 2.39. The van der Waals surface area contributed by atoms with Gasteiger partial charge in [-0.3, -0.25) is 0 Å². The quantitative estimate of drug-likeness (QED) is 0.623. The minimum Gasteiger partial charge on any atom is -0.368 e. The summed E-state index contributed by atoms with van der Waals surface area (Å²) in [7, 11) is 1.48. The van der Waals surface area contributed by atoms with Gasteiger partial charge in [-0.15, -0.1) is 6.58 Å². The van der Waals surface area contributed by atoms with E-state index in [1.54, 1.807) is 6.92 Å². The molecule has 0 fully saturated rings. The molecule has 1 unspecified atom stereocenters. The van der Waals surface area contributed by atoms with Gasteiger partial charge in [0.05, 0.1) is 12.6 Å². The molecule has 0 aliphatic carbocycles. The fourth-order valence-corrected chi connectivity index (χ4v) is 0.631. The van der Waals surface area contributed by atoms with Crippen molar-refractivity contribution in [2.24, 2.45) is 0 Å². The lowest BCUT2D eigenvalue weighted by Crippen LogP contribution is -2.36. The number of halogens is 2. The van der Waals surface area contributed by atoms with Crippen LogP contribution in [0.2, 0.25) is 0 Å². The largest absolute Gasteiger partial charge is 0.368 e. The Hall–Kier alpha value is -0.480. The summed E-state index contributed by atoms with van der Waals surface area (Å²) in [5.74, 6) is -2.80. The molecular weight excluding hydrogens is 164 g/mol. The molecule has 0 aliphatic rings. The summed E-state index contributed by atoms with van der Waals surface area (Å²) >= 11 is 0. The monoisotopic (exact) mass is 179 g/mol. The minimum atomic E-state index is -2.80. The van der Waals surface area contributed by atoms with Crippen LogP contribution >= 0.6 is 0 Å². The van der Waals surface area contributed by atoms with Crippen molar-refractivity contribution in [1.29, 1.82) is 0 Å². The number of nitrogens with one attached hydrogen (secondary N) is 1. The number of rotatable bonds is 6. The summed E-state index contributed by atoms with van der Waals surface area (Å²) in [6, 6.07) is 0. The molecule has 0 saturated heterocycles. The van der Waals surface area contributed by atoms with Crippen LogP contribution in [-0.2, 0) is 4.74 Å². The number of hydrogen-bond donors (Lipinski definition) is 1. The van der Waals surface area contributed by atoms with Crippen molar-refractivity contribution < 1.29 is 13.5 Å². The molecule has 4 heteroatoms. The molecule has 0 radical (unpaired) electrons. The van der Waals surface area contributed by atoms with Crippen LogP contribution in [0, 0.1) is 0 Å². The highest BCUT2D eigenvalue weighted by molar-refractivity contribution is 4.77. The van der Waals surface area contributed by atoms with E-state index in [0.717, 1.165) is 0 Å². The van der Waals surface area contributed by atoms with E-state index >= 15 is 0 Å². The average molecular weight is 179 g/mol. The Labute approximate surface area is 71.6 Å². The lowest BCUT2D eigenvalue weighted by Gasteiger charge is -2.17. The van der Waals surface area contributed by atoms with E-state index in [9.17, 15) is 8.78 Å². The number of alkyl halides is 2. The highest BCUT2D eigenvalue weighted by Gasteiger charge is 2.28. The molecule has 72 valence electrons. The first-order valence-electron chi connectivity index (χ1n) is 3.78. The van der Waals surface area contributed by atoms with Crippen LogP contribution in [0.15, 0.2) is 12.7 Å². The van der Waals surface area contributed by atoms with Crippen LogP contribution in [-0.4, -0.2) is 32.2 Å². The summed E-state index contributed by atoms with van der Waals surface area (Å²) in [5.41, 5.74) is 0. The normalized spacial score (nSPS) is 14.3. The van der Waals surface area contributed by atoms with Crippen molar-refractivity contribution >= 4 is 0 Å². The summed E-state index contributed by atoms with van der Waals surface area (Å²) in [6.45, 7) is 4.16. The Kier molecular flexibility index (Phi) is 5.01. The van der Waals surface area contributed by atoms with Gasteiger partial charge >= 0.3 is 0 Å². The standard InChI is InChI=1S/C8H15F2NO/c1-4-7(2)12-6-8(9,10)5-11-3/h4,7,11H,1,5-6H2,2-3H3. The summed E-state index contributed by atoms with van der Waals surface area (Å²) in [4.78, 5) is 0. The molecule has 1 atom stereocenters. The second-order valence-corrected chi connectivity index (χ2v) is 2.64. The van der Waals surface area contributed by atoms with Crippen LogP contribution in [0.25, 0.3) is 0 Å². The predicted octanol–water partition coefficient (Wildman–Crippen LogP) is 1.43. The first kappa shape index (κ1) is 11.5. The van der Waals surface area contributed by atoms with Gasteiger partial charge < -0.3 is 10.1 Å². The third-order valence-corrected chi connectivity index (χ3v) is 1.32. The van der Waals surface area contributed by atoms with Crippen molar-refractivity contribution in [2.45, 2.75) is 19.0 Å². The molecule has 0 aromatic heterocycles. The maximum absolute atomic E-state index is 12.7. The van der Waals surface area contributed by atoms with E-state index in [-0.39, 0.29) is 12.6 Å². The third kappa shape index (κ3) is 5.21. The molecular formula is C8H15F2NO. The van der Waals surface area contributed by atoms with E-state index in [0.29, 0.717) is 0 Å². The topological polar surface area (TPSA) is 21.3 Å². The second-order valence-electron chi connectivity index (χ2n) is 2.64. The molecule has 1 N–H and O–H groups in total. The maximum Gasteiger partial charge on any atom is 0.283 e. The average Bonchev–Trinajstić information content (AvgIpc) is 2.00. The van der Waals surface area contributed by atoms with Gasteiger partial charge in [0.15, 0.2) is 0 Å². The molecule has 0 bridgehead atoms.